The molecular formula is C11H12N2O4. The quantitative estimate of drug-likeness (QED) is 0.617. The Kier molecular flexibility index (Phi) is 4.33. The minimum absolute atomic E-state index is 0.00639. The van der Waals surface area contributed by atoms with Crippen LogP contribution in [0.1, 0.15) is 23.8 Å². The molecule has 1 amide bonds. The van der Waals surface area contributed by atoms with Gasteiger partial charge in [-0.2, -0.15) is 0 Å². The number of hydrogen-bond acceptors (Lipinski definition) is 5. The third-order valence-electron chi connectivity index (χ3n) is 1.87. The molecule has 0 aliphatic heterocycles. The van der Waals surface area contributed by atoms with Gasteiger partial charge in [0.1, 0.15) is 5.78 Å². The maximum Gasteiger partial charge on any atom is 0.358 e. The van der Waals surface area contributed by atoms with Crippen LogP contribution in [0.3, 0.4) is 0 Å². The second kappa shape index (κ2) is 5.74. The Bertz CT molecular complexity index is 457. The van der Waals surface area contributed by atoms with Crippen LogP contribution in [0.4, 0.5) is 5.69 Å². The fourth-order valence-electron chi connectivity index (χ4n) is 1.19. The van der Waals surface area contributed by atoms with Crippen LogP contribution in [-0.2, 0) is 14.3 Å². The van der Waals surface area contributed by atoms with E-state index in [1.54, 1.807) is 6.07 Å². The number of aromatic nitrogens is 1. The van der Waals surface area contributed by atoms with Crippen LogP contribution < -0.4 is 5.32 Å². The van der Waals surface area contributed by atoms with Gasteiger partial charge >= 0.3 is 5.97 Å². The van der Waals surface area contributed by atoms with Crippen LogP contribution in [-0.4, -0.2) is 29.8 Å². The van der Waals surface area contributed by atoms with Gasteiger partial charge in [-0.05, 0) is 19.1 Å². The minimum Gasteiger partial charge on any atom is -0.464 e. The monoisotopic (exact) mass is 236 g/mol. The Morgan fingerprint density at radius 3 is 2.71 bits per heavy atom. The lowest BCUT2D eigenvalue weighted by Crippen LogP contribution is -2.18. The number of amides is 1. The van der Waals surface area contributed by atoms with E-state index in [4.69, 9.17) is 0 Å². The molecule has 17 heavy (non-hydrogen) atoms. The number of ether oxygens (including phenoxy) is 1. The highest BCUT2D eigenvalue weighted by atomic mass is 16.5. The predicted octanol–water partition coefficient (Wildman–Crippen LogP) is 0.786. The Balaban J connectivity index is 2.87. The number of nitrogens with one attached hydrogen (secondary N) is 1. The van der Waals surface area contributed by atoms with Crippen molar-refractivity contribution in [1.82, 2.24) is 4.98 Å². The van der Waals surface area contributed by atoms with Crippen molar-refractivity contribution in [1.29, 1.82) is 0 Å². The Hall–Kier alpha value is -2.24. The third-order valence-corrected chi connectivity index (χ3v) is 1.87. The summed E-state index contributed by atoms with van der Waals surface area (Å²) in [7, 11) is 1.22. The molecule has 0 radical (unpaired) electrons. The van der Waals surface area contributed by atoms with E-state index in [0.29, 0.717) is 0 Å². The molecule has 6 heteroatoms. The highest BCUT2D eigenvalue weighted by molar-refractivity contribution is 6.06. The van der Waals surface area contributed by atoms with Crippen molar-refractivity contribution in [3.05, 3.63) is 24.0 Å². The van der Waals surface area contributed by atoms with Gasteiger partial charge < -0.3 is 10.1 Å². The molecule has 0 saturated heterocycles. The average Bonchev–Trinajstić information content (AvgIpc) is 2.27. The molecular weight excluding hydrogens is 224 g/mol. The number of carbonyl (C=O) groups is 3. The molecule has 0 fully saturated rings. The summed E-state index contributed by atoms with van der Waals surface area (Å²) in [5, 5.41) is 2.43. The van der Waals surface area contributed by atoms with Crippen molar-refractivity contribution in [3.8, 4) is 0 Å². The fourth-order valence-corrected chi connectivity index (χ4v) is 1.19. The van der Waals surface area contributed by atoms with Crippen LogP contribution in [0.2, 0.25) is 0 Å². The summed E-state index contributed by atoms with van der Waals surface area (Å²) < 4.78 is 4.52. The number of hydrogen-bond donors (Lipinski definition) is 1. The highest BCUT2D eigenvalue weighted by Gasteiger charge is 2.15. The second-order valence-corrected chi connectivity index (χ2v) is 3.32. The van der Waals surface area contributed by atoms with E-state index in [1.165, 1.54) is 26.3 Å². The zero-order valence-corrected chi connectivity index (χ0v) is 9.52. The van der Waals surface area contributed by atoms with Gasteiger partial charge in [-0.15, -0.1) is 0 Å². The number of Topliss-reactive ketones (excluding diaryl/α,β-unsaturated/α-hetero) is 1. The molecule has 1 aromatic rings. The van der Waals surface area contributed by atoms with Crippen molar-refractivity contribution in [2.75, 3.05) is 12.4 Å². The van der Waals surface area contributed by atoms with Crippen LogP contribution in [0.25, 0.3) is 0 Å². The summed E-state index contributed by atoms with van der Waals surface area (Å²) in [6.45, 7) is 1.31. The van der Waals surface area contributed by atoms with Gasteiger partial charge in [0, 0.05) is 6.20 Å². The van der Waals surface area contributed by atoms with Crippen molar-refractivity contribution >= 4 is 23.3 Å². The maximum absolute atomic E-state index is 11.4. The molecule has 0 aromatic carbocycles. The number of methoxy groups -OCH3 is 1. The van der Waals surface area contributed by atoms with Crippen molar-refractivity contribution in [2.24, 2.45) is 0 Å². The first-order valence-corrected chi connectivity index (χ1v) is 4.87. The first-order chi connectivity index (χ1) is 8.04. The maximum atomic E-state index is 11.4. The van der Waals surface area contributed by atoms with E-state index in [0.717, 1.165) is 0 Å². The fraction of sp³-hybridized carbons (Fsp3) is 0.273. The Morgan fingerprint density at radius 1 is 1.41 bits per heavy atom. The first-order valence-electron chi connectivity index (χ1n) is 4.87. The summed E-state index contributed by atoms with van der Waals surface area (Å²) in [5.74, 6) is -1.40. The number of nitrogens with zero attached hydrogens (tertiary/aromatic N) is 1. The number of esters is 1. The molecule has 0 unspecified atom stereocenters. The van der Waals surface area contributed by atoms with Crippen molar-refractivity contribution in [2.45, 2.75) is 13.3 Å². The van der Waals surface area contributed by atoms with Gasteiger partial charge in [0.05, 0.1) is 19.2 Å². The number of pyridine rings is 1. The molecule has 1 aromatic heterocycles. The van der Waals surface area contributed by atoms with E-state index >= 15 is 0 Å². The average molecular weight is 236 g/mol. The zero-order chi connectivity index (χ0) is 12.8. The minimum atomic E-state index is -0.649. The zero-order valence-electron chi connectivity index (χ0n) is 9.52. The van der Waals surface area contributed by atoms with Gasteiger partial charge in [0.25, 0.3) is 0 Å². The van der Waals surface area contributed by atoms with E-state index in [-0.39, 0.29) is 23.6 Å². The number of anilines is 1. The molecule has 1 rings (SSSR count). The highest BCUT2D eigenvalue weighted by Crippen LogP contribution is 2.13. The molecule has 1 N–H and O–H groups in total. The molecule has 0 aliphatic rings. The summed E-state index contributed by atoms with van der Waals surface area (Å²) in [4.78, 5) is 37.3. The van der Waals surface area contributed by atoms with Crippen LogP contribution in [0.15, 0.2) is 18.3 Å². The van der Waals surface area contributed by atoms with Crippen molar-refractivity contribution < 1.29 is 19.1 Å². The van der Waals surface area contributed by atoms with E-state index in [2.05, 4.69) is 15.0 Å². The van der Waals surface area contributed by atoms with Crippen LogP contribution in [0.5, 0.6) is 0 Å². The van der Waals surface area contributed by atoms with Gasteiger partial charge in [-0.1, -0.05) is 0 Å². The van der Waals surface area contributed by atoms with E-state index in [9.17, 15) is 14.4 Å². The topological polar surface area (TPSA) is 85.4 Å². The lowest BCUT2D eigenvalue weighted by Gasteiger charge is -2.07. The first kappa shape index (κ1) is 12.8. The molecule has 0 spiro atoms. The number of ketones is 1. The van der Waals surface area contributed by atoms with Gasteiger partial charge in [-0.3, -0.25) is 9.59 Å². The number of rotatable bonds is 4. The molecule has 0 bridgehead atoms. The van der Waals surface area contributed by atoms with Crippen molar-refractivity contribution in [3.63, 3.8) is 0 Å². The summed E-state index contributed by atoms with van der Waals surface area (Å²) in [6, 6.07) is 3.08. The van der Waals surface area contributed by atoms with Gasteiger partial charge in [-0.25, -0.2) is 9.78 Å². The van der Waals surface area contributed by atoms with Gasteiger partial charge in [0.15, 0.2) is 5.69 Å². The third kappa shape index (κ3) is 3.67. The SMILES string of the molecule is COC(=O)c1ncccc1NC(=O)CC(C)=O. The molecule has 0 aliphatic carbocycles. The van der Waals surface area contributed by atoms with Crippen LogP contribution >= 0.6 is 0 Å². The second-order valence-electron chi connectivity index (χ2n) is 3.32. The molecule has 0 atom stereocenters. The van der Waals surface area contributed by atoms with Crippen LogP contribution in [0, 0.1) is 0 Å². The Labute approximate surface area is 98.0 Å². The molecule has 1 heterocycles. The lowest BCUT2D eigenvalue weighted by molar-refractivity contribution is -0.124. The van der Waals surface area contributed by atoms with E-state index < -0.39 is 11.9 Å². The molecule has 0 saturated carbocycles. The van der Waals surface area contributed by atoms with E-state index in [1.807, 2.05) is 0 Å². The lowest BCUT2D eigenvalue weighted by atomic mass is 10.2. The number of carbonyl (C=O) groups excluding carboxylic acids is 3. The van der Waals surface area contributed by atoms with Gasteiger partial charge in [0.2, 0.25) is 5.91 Å². The smallest absolute Gasteiger partial charge is 0.358 e. The predicted molar refractivity (Wildman–Crippen MR) is 59.5 cm³/mol. The summed E-state index contributed by atoms with van der Waals surface area (Å²) >= 11 is 0. The summed E-state index contributed by atoms with van der Waals surface area (Å²) in [6.07, 6.45) is 1.17. The normalized spacial score (nSPS) is 9.53. The molecule has 90 valence electrons. The molecule has 6 nitrogen and oxygen atoms in total. The summed E-state index contributed by atoms with van der Waals surface area (Å²) in [5.41, 5.74) is 0.234. The Morgan fingerprint density at radius 2 is 2.12 bits per heavy atom. The standard InChI is InChI=1S/C11H12N2O4/c1-7(14)6-9(15)13-8-4-3-5-12-10(8)11(16)17-2/h3-5H,6H2,1-2H3,(H,13,15). The largest absolute Gasteiger partial charge is 0.464 e.